The van der Waals surface area contributed by atoms with Crippen molar-refractivity contribution >= 4 is 34.2 Å². The number of thioether (sulfide) groups is 1. The number of aliphatic hydroxyl groups is 1. The maximum atomic E-state index is 10.8. The summed E-state index contributed by atoms with van der Waals surface area (Å²) in [6.45, 7) is -0.127. The van der Waals surface area contributed by atoms with Gasteiger partial charge in [-0.1, -0.05) is 24.0 Å². The van der Waals surface area contributed by atoms with Gasteiger partial charge in [0.2, 0.25) is 0 Å². The Labute approximate surface area is 67.5 Å². The lowest BCUT2D eigenvalue weighted by Gasteiger charge is -1.85. The third-order valence-electron chi connectivity index (χ3n) is 0.919. The zero-order valence-electron chi connectivity index (χ0n) is 4.96. The van der Waals surface area contributed by atoms with Crippen LogP contribution in [0.5, 0.6) is 0 Å². The van der Waals surface area contributed by atoms with Gasteiger partial charge in [0, 0.05) is 0 Å². The summed E-state index contributed by atoms with van der Waals surface area (Å²) in [5, 5.41) is 10.8. The summed E-state index contributed by atoms with van der Waals surface area (Å²) < 4.78 is 0.449. The first kappa shape index (κ1) is 7.71. The Kier molecular flexibility index (Phi) is 2.42. The van der Waals surface area contributed by atoms with Crippen molar-refractivity contribution in [2.24, 2.45) is 0 Å². The van der Waals surface area contributed by atoms with Gasteiger partial charge in [0.15, 0.2) is 0 Å². The Balaban J connectivity index is 2.72. The molecule has 1 aliphatic heterocycles. The van der Waals surface area contributed by atoms with Crippen LogP contribution in [0.15, 0.2) is 11.0 Å². The van der Waals surface area contributed by atoms with Crippen LogP contribution in [0, 0.1) is 0 Å². The minimum atomic E-state index is -0.218. The summed E-state index contributed by atoms with van der Waals surface area (Å²) in [5.41, 5.74) is 0. The highest BCUT2D eigenvalue weighted by molar-refractivity contribution is 8.26. The van der Waals surface area contributed by atoms with Gasteiger partial charge in [0.1, 0.15) is 4.32 Å². The maximum Gasteiger partial charge on any atom is 0.263 e. The minimum Gasteiger partial charge on any atom is -0.392 e. The quantitative estimate of drug-likeness (QED) is 0.435. The molecule has 1 saturated heterocycles. The Hall–Kier alpha value is -0.390. The topological polar surface area (TPSA) is 49.3 Å². The summed E-state index contributed by atoms with van der Waals surface area (Å²) in [6, 6.07) is 0. The summed E-state index contributed by atoms with van der Waals surface area (Å²) in [7, 11) is 0. The molecule has 1 amide bonds. The molecule has 1 aliphatic rings. The molecule has 10 heavy (non-hydrogen) atoms. The molecule has 0 radical (unpaired) electrons. The van der Waals surface area contributed by atoms with E-state index in [0.717, 1.165) is 0 Å². The summed E-state index contributed by atoms with van der Waals surface area (Å²) >= 11 is 5.87. The van der Waals surface area contributed by atoms with E-state index in [9.17, 15) is 4.79 Å². The van der Waals surface area contributed by atoms with E-state index in [1.54, 1.807) is 0 Å². The molecule has 1 rings (SSSR count). The standard InChI is InChI=1S/C5H5NO2S2/c7-2-1-3-4(8)6-5(9)10-3/h1,7H,2H2,(H,6,8,9). The van der Waals surface area contributed by atoms with E-state index >= 15 is 0 Å². The predicted octanol–water partition coefficient (Wildman–Crippen LogP) is 0.0105. The van der Waals surface area contributed by atoms with E-state index in [4.69, 9.17) is 17.3 Å². The van der Waals surface area contributed by atoms with Gasteiger partial charge in [-0.2, -0.15) is 0 Å². The highest BCUT2D eigenvalue weighted by Crippen LogP contribution is 2.22. The lowest BCUT2D eigenvalue weighted by Crippen LogP contribution is -2.17. The van der Waals surface area contributed by atoms with E-state index in [-0.39, 0.29) is 12.5 Å². The fourth-order valence-electron chi connectivity index (χ4n) is 0.543. The van der Waals surface area contributed by atoms with Crippen LogP contribution in [-0.4, -0.2) is 21.9 Å². The molecule has 0 aromatic heterocycles. The van der Waals surface area contributed by atoms with Gasteiger partial charge >= 0.3 is 0 Å². The molecular weight excluding hydrogens is 170 g/mol. The number of hydrogen-bond donors (Lipinski definition) is 2. The number of thiocarbonyl (C=S) groups is 1. The van der Waals surface area contributed by atoms with Gasteiger partial charge in [0.25, 0.3) is 5.91 Å². The van der Waals surface area contributed by atoms with Crippen LogP contribution in [0.25, 0.3) is 0 Å². The molecule has 0 aromatic rings. The van der Waals surface area contributed by atoms with Crippen molar-refractivity contribution in [2.45, 2.75) is 0 Å². The van der Waals surface area contributed by atoms with Crippen molar-refractivity contribution in [1.82, 2.24) is 5.32 Å². The second-order valence-corrected chi connectivity index (χ2v) is 3.31. The van der Waals surface area contributed by atoms with Crippen molar-refractivity contribution < 1.29 is 9.90 Å². The van der Waals surface area contributed by atoms with E-state index in [1.165, 1.54) is 17.8 Å². The average Bonchev–Trinajstić information content (AvgIpc) is 2.13. The van der Waals surface area contributed by atoms with E-state index < -0.39 is 0 Å². The molecule has 0 aromatic carbocycles. The smallest absolute Gasteiger partial charge is 0.263 e. The SMILES string of the molecule is O=C1NC(=S)SC1=CCO. The number of amides is 1. The van der Waals surface area contributed by atoms with E-state index in [0.29, 0.717) is 9.23 Å². The summed E-state index contributed by atoms with van der Waals surface area (Å²) in [6.07, 6.45) is 1.43. The molecule has 0 bridgehead atoms. The molecule has 0 saturated carbocycles. The first-order valence-electron chi connectivity index (χ1n) is 2.58. The van der Waals surface area contributed by atoms with Gasteiger partial charge in [-0.3, -0.25) is 4.79 Å². The maximum absolute atomic E-state index is 10.8. The second kappa shape index (κ2) is 3.14. The monoisotopic (exact) mass is 175 g/mol. The first-order valence-corrected chi connectivity index (χ1v) is 3.80. The van der Waals surface area contributed by atoms with Crippen molar-refractivity contribution in [3.63, 3.8) is 0 Å². The zero-order chi connectivity index (χ0) is 7.56. The van der Waals surface area contributed by atoms with Crippen LogP contribution >= 0.6 is 24.0 Å². The van der Waals surface area contributed by atoms with Gasteiger partial charge < -0.3 is 10.4 Å². The number of nitrogens with one attached hydrogen (secondary N) is 1. The lowest BCUT2D eigenvalue weighted by molar-refractivity contribution is -0.115. The Bertz CT molecular complexity index is 212. The van der Waals surface area contributed by atoms with Crippen molar-refractivity contribution in [1.29, 1.82) is 0 Å². The molecule has 0 aliphatic carbocycles. The highest BCUT2D eigenvalue weighted by Gasteiger charge is 2.20. The average molecular weight is 175 g/mol. The van der Waals surface area contributed by atoms with Crippen molar-refractivity contribution in [3.8, 4) is 0 Å². The van der Waals surface area contributed by atoms with Crippen LogP contribution in [0.4, 0.5) is 0 Å². The molecule has 1 heterocycles. The molecule has 2 N–H and O–H groups in total. The number of hydrogen-bond acceptors (Lipinski definition) is 4. The van der Waals surface area contributed by atoms with Crippen LogP contribution in [0.1, 0.15) is 0 Å². The Morgan fingerprint density at radius 1 is 1.80 bits per heavy atom. The van der Waals surface area contributed by atoms with Gasteiger partial charge in [0.05, 0.1) is 11.5 Å². The molecule has 54 valence electrons. The minimum absolute atomic E-state index is 0.127. The number of carbonyl (C=O) groups excluding carboxylic acids is 1. The van der Waals surface area contributed by atoms with Crippen molar-refractivity contribution in [3.05, 3.63) is 11.0 Å². The Morgan fingerprint density at radius 3 is 2.90 bits per heavy atom. The van der Waals surface area contributed by atoms with Gasteiger partial charge in [-0.25, -0.2) is 0 Å². The molecule has 3 nitrogen and oxygen atoms in total. The van der Waals surface area contributed by atoms with Crippen LogP contribution in [0.3, 0.4) is 0 Å². The number of carbonyl (C=O) groups is 1. The normalized spacial score (nSPS) is 21.9. The first-order chi connectivity index (χ1) is 4.74. The predicted molar refractivity (Wildman–Crippen MR) is 43.5 cm³/mol. The van der Waals surface area contributed by atoms with Crippen molar-refractivity contribution in [2.75, 3.05) is 6.61 Å². The number of rotatable bonds is 1. The largest absolute Gasteiger partial charge is 0.392 e. The molecule has 1 fully saturated rings. The Morgan fingerprint density at radius 2 is 2.50 bits per heavy atom. The third kappa shape index (κ3) is 1.56. The van der Waals surface area contributed by atoms with E-state index in [2.05, 4.69) is 5.32 Å². The van der Waals surface area contributed by atoms with Crippen LogP contribution in [-0.2, 0) is 4.79 Å². The third-order valence-corrected chi connectivity index (χ3v) is 2.13. The fourth-order valence-corrected chi connectivity index (χ4v) is 1.55. The molecular formula is C5H5NO2S2. The fraction of sp³-hybridized carbons (Fsp3) is 0.200. The number of aliphatic hydroxyl groups excluding tert-OH is 1. The van der Waals surface area contributed by atoms with Crippen LogP contribution < -0.4 is 5.32 Å². The second-order valence-electron chi connectivity index (χ2n) is 1.59. The zero-order valence-corrected chi connectivity index (χ0v) is 6.59. The lowest BCUT2D eigenvalue weighted by atomic mass is 10.5. The molecule has 0 atom stereocenters. The van der Waals surface area contributed by atoms with E-state index in [1.807, 2.05) is 0 Å². The molecule has 0 spiro atoms. The highest BCUT2D eigenvalue weighted by atomic mass is 32.2. The van der Waals surface area contributed by atoms with Gasteiger partial charge in [-0.05, 0) is 6.08 Å². The summed E-state index contributed by atoms with van der Waals surface area (Å²) in [4.78, 5) is 11.3. The molecule has 5 heteroatoms. The summed E-state index contributed by atoms with van der Waals surface area (Å²) in [5.74, 6) is -0.218. The van der Waals surface area contributed by atoms with Crippen LogP contribution in [0.2, 0.25) is 0 Å². The molecule has 0 unspecified atom stereocenters. The van der Waals surface area contributed by atoms with Gasteiger partial charge in [-0.15, -0.1) is 0 Å².